The van der Waals surface area contributed by atoms with E-state index in [1.165, 1.54) is 36.8 Å². The highest BCUT2D eigenvalue weighted by Gasteiger charge is 1.96. The molecule has 0 spiro atoms. The molecule has 0 saturated heterocycles. The second kappa shape index (κ2) is 11.5. The average Bonchev–Trinajstić information content (AvgIpc) is 2.63. The van der Waals surface area contributed by atoms with Crippen LogP contribution in [-0.4, -0.2) is 13.2 Å². The highest BCUT2D eigenvalue weighted by molar-refractivity contribution is 5.39. The van der Waals surface area contributed by atoms with Gasteiger partial charge in [-0.05, 0) is 73.9 Å². The van der Waals surface area contributed by atoms with Crippen LogP contribution in [0.1, 0.15) is 49.7 Å². The van der Waals surface area contributed by atoms with Gasteiger partial charge in [0.15, 0.2) is 0 Å². The van der Waals surface area contributed by atoms with E-state index in [9.17, 15) is 0 Å². The Balaban J connectivity index is 1.37. The number of hydrogen-bond acceptors (Lipinski definition) is 3. The van der Waals surface area contributed by atoms with Gasteiger partial charge in [-0.3, -0.25) is 0 Å². The van der Waals surface area contributed by atoms with Crippen LogP contribution in [0.15, 0.2) is 48.5 Å². The maximum Gasteiger partial charge on any atom is 0.0466 e. The van der Waals surface area contributed by atoms with E-state index in [0.717, 1.165) is 50.3 Å². The van der Waals surface area contributed by atoms with E-state index in [1.54, 1.807) is 0 Å². The van der Waals surface area contributed by atoms with Gasteiger partial charge in [-0.15, -0.1) is 0 Å². The number of hydrogen-bond donors (Lipinski definition) is 2. The molecule has 136 valence electrons. The molecule has 0 fully saturated rings. The van der Waals surface area contributed by atoms with Crippen molar-refractivity contribution in [1.29, 1.82) is 0 Å². The molecule has 3 nitrogen and oxygen atoms in total. The number of ether oxygens (including phenoxy) is 1. The van der Waals surface area contributed by atoms with E-state index >= 15 is 0 Å². The summed E-state index contributed by atoms with van der Waals surface area (Å²) < 4.78 is 5.74. The van der Waals surface area contributed by atoms with Gasteiger partial charge in [0.25, 0.3) is 0 Å². The largest absolute Gasteiger partial charge is 0.399 e. The summed E-state index contributed by atoms with van der Waals surface area (Å²) in [6.45, 7) is 1.78. The molecular weight excluding hydrogens is 308 g/mol. The quantitative estimate of drug-likeness (QED) is 0.422. The second-order valence-electron chi connectivity index (χ2n) is 6.72. The predicted octanol–water partition coefficient (Wildman–Crippen LogP) is 4.99. The van der Waals surface area contributed by atoms with Gasteiger partial charge in [0.05, 0.1) is 0 Å². The van der Waals surface area contributed by atoms with Crippen LogP contribution in [0, 0.1) is 0 Å². The van der Waals surface area contributed by atoms with Crippen molar-refractivity contribution in [2.75, 3.05) is 24.7 Å². The standard InChI is InChI=1S/C22H32N2O/c23-21-13-9-19(10-14-21)7-3-1-5-17-25-18-6-2-4-8-20-11-15-22(24)16-12-20/h9-16H,1-8,17-18,23-24H2. The van der Waals surface area contributed by atoms with Crippen LogP contribution < -0.4 is 11.5 Å². The SMILES string of the molecule is Nc1ccc(CCCCCOCCCCCc2ccc(N)cc2)cc1. The lowest BCUT2D eigenvalue weighted by Crippen LogP contribution is -1.98. The number of aryl methyl sites for hydroxylation is 2. The van der Waals surface area contributed by atoms with Crippen molar-refractivity contribution in [2.24, 2.45) is 0 Å². The molecule has 0 unspecified atom stereocenters. The van der Waals surface area contributed by atoms with Crippen LogP contribution in [0.2, 0.25) is 0 Å². The van der Waals surface area contributed by atoms with E-state index in [-0.39, 0.29) is 0 Å². The molecule has 0 saturated carbocycles. The Morgan fingerprint density at radius 1 is 0.520 bits per heavy atom. The van der Waals surface area contributed by atoms with Gasteiger partial charge in [0, 0.05) is 24.6 Å². The van der Waals surface area contributed by atoms with Crippen molar-refractivity contribution in [3.63, 3.8) is 0 Å². The van der Waals surface area contributed by atoms with Crippen LogP contribution in [-0.2, 0) is 17.6 Å². The zero-order valence-electron chi connectivity index (χ0n) is 15.3. The minimum absolute atomic E-state index is 0.839. The van der Waals surface area contributed by atoms with Gasteiger partial charge in [-0.25, -0.2) is 0 Å². The lowest BCUT2D eigenvalue weighted by atomic mass is 10.1. The summed E-state index contributed by atoms with van der Waals surface area (Å²) in [5, 5.41) is 0. The number of benzene rings is 2. The molecule has 0 aliphatic carbocycles. The smallest absolute Gasteiger partial charge is 0.0466 e. The third-order valence-electron chi connectivity index (χ3n) is 4.47. The van der Waals surface area contributed by atoms with Crippen molar-refractivity contribution < 1.29 is 4.74 Å². The Labute approximate surface area is 152 Å². The van der Waals surface area contributed by atoms with Crippen molar-refractivity contribution in [3.8, 4) is 0 Å². The fraction of sp³-hybridized carbons (Fsp3) is 0.455. The topological polar surface area (TPSA) is 61.3 Å². The molecular formula is C22H32N2O. The van der Waals surface area contributed by atoms with Crippen LogP contribution in [0.25, 0.3) is 0 Å². The normalized spacial score (nSPS) is 10.9. The second-order valence-corrected chi connectivity index (χ2v) is 6.72. The van der Waals surface area contributed by atoms with Crippen LogP contribution in [0.3, 0.4) is 0 Å². The van der Waals surface area contributed by atoms with E-state index in [0.29, 0.717) is 0 Å². The maximum absolute atomic E-state index is 5.74. The molecule has 2 rings (SSSR count). The Hall–Kier alpha value is -2.00. The van der Waals surface area contributed by atoms with Gasteiger partial charge in [0.1, 0.15) is 0 Å². The van der Waals surface area contributed by atoms with Gasteiger partial charge in [0.2, 0.25) is 0 Å². The van der Waals surface area contributed by atoms with E-state index < -0.39 is 0 Å². The third kappa shape index (κ3) is 8.59. The molecule has 4 N–H and O–H groups in total. The monoisotopic (exact) mass is 340 g/mol. The summed E-state index contributed by atoms with van der Waals surface area (Å²) in [4.78, 5) is 0. The number of nitrogens with two attached hydrogens (primary N) is 2. The van der Waals surface area contributed by atoms with Gasteiger partial charge < -0.3 is 16.2 Å². The Bertz CT molecular complexity index is 524. The molecule has 0 aromatic heterocycles. The van der Waals surface area contributed by atoms with Crippen LogP contribution in [0.5, 0.6) is 0 Å². The number of unbranched alkanes of at least 4 members (excludes halogenated alkanes) is 4. The fourth-order valence-electron chi connectivity index (χ4n) is 2.89. The fourth-order valence-corrected chi connectivity index (χ4v) is 2.89. The summed E-state index contributed by atoms with van der Waals surface area (Å²) in [6.07, 6.45) is 9.45. The van der Waals surface area contributed by atoms with E-state index in [2.05, 4.69) is 24.3 Å². The molecule has 0 aliphatic heterocycles. The first kappa shape index (κ1) is 19.3. The van der Waals surface area contributed by atoms with E-state index in [4.69, 9.17) is 16.2 Å². The van der Waals surface area contributed by atoms with Crippen molar-refractivity contribution >= 4 is 11.4 Å². The zero-order chi connectivity index (χ0) is 17.7. The molecule has 2 aromatic rings. The Kier molecular flexibility index (Phi) is 8.92. The molecule has 0 radical (unpaired) electrons. The molecule has 0 amide bonds. The average molecular weight is 341 g/mol. The Morgan fingerprint density at radius 3 is 1.32 bits per heavy atom. The highest BCUT2D eigenvalue weighted by Crippen LogP contribution is 2.11. The molecule has 25 heavy (non-hydrogen) atoms. The van der Waals surface area contributed by atoms with E-state index in [1.807, 2.05) is 24.3 Å². The first-order valence-electron chi connectivity index (χ1n) is 9.50. The number of nitrogen functional groups attached to an aromatic ring is 2. The first-order valence-corrected chi connectivity index (χ1v) is 9.50. The van der Waals surface area contributed by atoms with Gasteiger partial charge in [-0.2, -0.15) is 0 Å². The minimum atomic E-state index is 0.839. The lowest BCUT2D eigenvalue weighted by Gasteiger charge is -2.05. The summed E-state index contributed by atoms with van der Waals surface area (Å²) in [5.74, 6) is 0. The van der Waals surface area contributed by atoms with Crippen molar-refractivity contribution in [2.45, 2.75) is 51.4 Å². The lowest BCUT2D eigenvalue weighted by molar-refractivity contribution is 0.126. The maximum atomic E-state index is 5.74. The predicted molar refractivity (Wildman–Crippen MR) is 108 cm³/mol. The van der Waals surface area contributed by atoms with Crippen LogP contribution in [0.4, 0.5) is 11.4 Å². The molecule has 0 aliphatic rings. The zero-order valence-corrected chi connectivity index (χ0v) is 15.3. The van der Waals surface area contributed by atoms with Crippen molar-refractivity contribution in [1.82, 2.24) is 0 Å². The first-order chi connectivity index (χ1) is 12.2. The van der Waals surface area contributed by atoms with Crippen LogP contribution >= 0.6 is 0 Å². The molecule has 0 bridgehead atoms. The summed E-state index contributed by atoms with van der Waals surface area (Å²) >= 11 is 0. The van der Waals surface area contributed by atoms with Gasteiger partial charge in [-0.1, -0.05) is 37.1 Å². The molecule has 0 atom stereocenters. The summed E-state index contributed by atoms with van der Waals surface area (Å²) in [5.41, 5.74) is 15.8. The highest BCUT2D eigenvalue weighted by atomic mass is 16.5. The Morgan fingerprint density at radius 2 is 0.920 bits per heavy atom. The molecule has 2 aromatic carbocycles. The summed E-state index contributed by atoms with van der Waals surface area (Å²) in [6, 6.07) is 16.4. The number of anilines is 2. The molecule has 3 heteroatoms. The number of rotatable bonds is 12. The van der Waals surface area contributed by atoms with Crippen molar-refractivity contribution in [3.05, 3.63) is 59.7 Å². The summed E-state index contributed by atoms with van der Waals surface area (Å²) in [7, 11) is 0. The third-order valence-corrected chi connectivity index (χ3v) is 4.47. The molecule has 0 heterocycles. The van der Waals surface area contributed by atoms with Gasteiger partial charge >= 0.3 is 0 Å². The minimum Gasteiger partial charge on any atom is -0.399 e.